The van der Waals surface area contributed by atoms with Crippen molar-refractivity contribution in [3.05, 3.63) is 47.5 Å². The number of amides is 1. The highest BCUT2D eigenvalue weighted by Crippen LogP contribution is 2.28. The average molecular weight is 349 g/mol. The number of carbonyl (C=O) groups excluding carboxylic acids is 1. The number of rotatable bonds is 3. The highest BCUT2D eigenvalue weighted by molar-refractivity contribution is 6.05. The zero-order valence-corrected chi connectivity index (χ0v) is 14.3. The number of oxazole rings is 1. The summed E-state index contributed by atoms with van der Waals surface area (Å²) in [7, 11) is 0. The maximum Gasteiger partial charge on any atom is 0.298 e. The lowest BCUT2D eigenvalue weighted by Crippen LogP contribution is -2.17. The second-order valence-corrected chi connectivity index (χ2v) is 6.75. The molecular formula is C20H19N3O3. The molecule has 6 heteroatoms. The second-order valence-electron chi connectivity index (χ2n) is 6.75. The Morgan fingerprint density at radius 1 is 1.12 bits per heavy atom. The maximum atomic E-state index is 12.6. The Hall–Kier alpha value is -3.02. The van der Waals surface area contributed by atoms with Crippen LogP contribution in [0.2, 0.25) is 0 Å². The third-order valence-electron chi connectivity index (χ3n) is 4.96. The van der Waals surface area contributed by atoms with E-state index in [1.54, 1.807) is 6.07 Å². The van der Waals surface area contributed by atoms with E-state index in [0.29, 0.717) is 23.9 Å². The van der Waals surface area contributed by atoms with Gasteiger partial charge in [-0.25, -0.2) is 0 Å². The summed E-state index contributed by atoms with van der Waals surface area (Å²) in [5, 5.41) is 2.95. The van der Waals surface area contributed by atoms with E-state index >= 15 is 0 Å². The summed E-state index contributed by atoms with van der Waals surface area (Å²) < 4.78 is 11.3. The molecule has 0 atom stereocenters. The molecule has 2 aromatic carbocycles. The summed E-state index contributed by atoms with van der Waals surface area (Å²) in [4.78, 5) is 19.3. The predicted molar refractivity (Wildman–Crippen MR) is 99.1 cm³/mol. The van der Waals surface area contributed by atoms with Crippen LogP contribution in [-0.4, -0.2) is 30.6 Å². The minimum atomic E-state index is -0.137. The van der Waals surface area contributed by atoms with Gasteiger partial charge in [-0.2, -0.15) is 4.98 Å². The molecule has 26 heavy (non-hydrogen) atoms. The quantitative estimate of drug-likeness (QED) is 0.782. The first kappa shape index (κ1) is 15.3. The Kier molecular flexibility index (Phi) is 3.55. The maximum absolute atomic E-state index is 12.6. The van der Waals surface area contributed by atoms with Crippen molar-refractivity contribution < 1.29 is 13.9 Å². The number of anilines is 2. The number of nitrogens with zero attached hydrogens (tertiary/aromatic N) is 2. The van der Waals surface area contributed by atoms with Crippen LogP contribution >= 0.6 is 0 Å². The van der Waals surface area contributed by atoms with Crippen molar-refractivity contribution in [3.8, 4) is 5.75 Å². The number of hydrogen-bond acceptors (Lipinski definition) is 5. The highest BCUT2D eigenvalue weighted by atomic mass is 16.5. The van der Waals surface area contributed by atoms with Gasteiger partial charge in [-0.1, -0.05) is 0 Å². The predicted octanol–water partition coefficient (Wildman–Crippen LogP) is 3.62. The van der Waals surface area contributed by atoms with Crippen molar-refractivity contribution in [1.82, 2.24) is 4.98 Å². The van der Waals surface area contributed by atoms with Crippen molar-refractivity contribution in [2.75, 3.05) is 29.9 Å². The van der Waals surface area contributed by atoms with E-state index in [-0.39, 0.29) is 5.91 Å². The zero-order valence-electron chi connectivity index (χ0n) is 14.3. The molecule has 1 fully saturated rings. The molecule has 0 radical (unpaired) electrons. The van der Waals surface area contributed by atoms with Gasteiger partial charge >= 0.3 is 0 Å². The van der Waals surface area contributed by atoms with Gasteiger partial charge < -0.3 is 19.4 Å². The lowest BCUT2D eigenvalue weighted by Gasteiger charge is -2.10. The fourth-order valence-corrected chi connectivity index (χ4v) is 3.57. The highest BCUT2D eigenvalue weighted by Gasteiger charge is 2.19. The first-order valence-corrected chi connectivity index (χ1v) is 8.99. The third-order valence-corrected chi connectivity index (χ3v) is 4.96. The molecule has 1 amide bonds. The van der Waals surface area contributed by atoms with E-state index < -0.39 is 0 Å². The van der Waals surface area contributed by atoms with Crippen LogP contribution < -0.4 is 15.0 Å². The van der Waals surface area contributed by atoms with E-state index in [4.69, 9.17) is 9.15 Å². The summed E-state index contributed by atoms with van der Waals surface area (Å²) in [6, 6.07) is 11.8. The minimum absolute atomic E-state index is 0.137. The van der Waals surface area contributed by atoms with Gasteiger partial charge in [0, 0.05) is 30.8 Å². The molecule has 132 valence electrons. The summed E-state index contributed by atoms with van der Waals surface area (Å²) in [6.45, 7) is 2.65. The van der Waals surface area contributed by atoms with E-state index in [2.05, 4.69) is 15.2 Å². The largest absolute Gasteiger partial charge is 0.493 e. The molecule has 0 spiro atoms. The van der Waals surface area contributed by atoms with Crippen molar-refractivity contribution in [2.24, 2.45) is 0 Å². The van der Waals surface area contributed by atoms with Crippen LogP contribution in [0, 0.1) is 0 Å². The average Bonchev–Trinajstić information content (AvgIpc) is 3.39. The lowest BCUT2D eigenvalue weighted by atomic mass is 10.1. The van der Waals surface area contributed by atoms with Crippen LogP contribution in [0.4, 0.5) is 11.7 Å². The number of aromatic nitrogens is 1. The van der Waals surface area contributed by atoms with Gasteiger partial charge in [0.15, 0.2) is 5.58 Å². The Morgan fingerprint density at radius 3 is 2.88 bits per heavy atom. The Bertz CT molecular complexity index is 989. The molecule has 2 aliphatic heterocycles. The van der Waals surface area contributed by atoms with Gasteiger partial charge in [0.1, 0.15) is 11.3 Å². The van der Waals surface area contributed by atoms with Crippen molar-refractivity contribution in [2.45, 2.75) is 19.3 Å². The number of ether oxygens (including phenoxy) is 1. The van der Waals surface area contributed by atoms with E-state index in [1.807, 2.05) is 30.3 Å². The van der Waals surface area contributed by atoms with Crippen LogP contribution in [0.3, 0.4) is 0 Å². The topological polar surface area (TPSA) is 67.6 Å². The molecule has 0 unspecified atom stereocenters. The fraction of sp³-hybridized carbons (Fsp3) is 0.300. The Morgan fingerprint density at radius 2 is 2.00 bits per heavy atom. The first-order chi connectivity index (χ1) is 12.8. The van der Waals surface area contributed by atoms with Crippen LogP contribution in [0.25, 0.3) is 11.1 Å². The number of hydrogen-bond donors (Lipinski definition) is 1. The van der Waals surface area contributed by atoms with Crippen molar-refractivity contribution in [1.29, 1.82) is 0 Å². The molecule has 0 bridgehead atoms. The second kappa shape index (κ2) is 6.05. The summed E-state index contributed by atoms with van der Waals surface area (Å²) in [5.41, 5.74) is 3.92. The molecule has 1 N–H and O–H groups in total. The molecule has 5 rings (SSSR count). The molecule has 3 aromatic rings. The molecule has 3 heterocycles. The van der Waals surface area contributed by atoms with E-state index in [1.165, 1.54) is 12.8 Å². The molecule has 1 aromatic heterocycles. The number of fused-ring (bicyclic) bond motifs is 2. The third kappa shape index (κ3) is 2.67. The molecule has 1 saturated heterocycles. The van der Waals surface area contributed by atoms with E-state index in [0.717, 1.165) is 41.9 Å². The smallest absolute Gasteiger partial charge is 0.298 e. The van der Waals surface area contributed by atoms with Gasteiger partial charge in [-0.05, 0) is 54.8 Å². The van der Waals surface area contributed by atoms with Gasteiger partial charge in [0.05, 0.1) is 6.61 Å². The molecule has 0 aliphatic carbocycles. The fourth-order valence-electron chi connectivity index (χ4n) is 3.57. The van der Waals surface area contributed by atoms with Gasteiger partial charge in [-0.3, -0.25) is 4.79 Å². The summed E-state index contributed by atoms with van der Waals surface area (Å²) in [5.74, 6) is 0.738. The lowest BCUT2D eigenvalue weighted by molar-refractivity contribution is 0.102. The van der Waals surface area contributed by atoms with Crippen LogP contribution in [0.1, 0.15) is 28.8 Å². The number of benzene rings is 2. The van der Waals surface area contributed by atoms with E-state index in [9.17, 15) is 4.79 Å². The van der Waals surface area contributed by atoms with Crippen LogP contribution in [-0.2, 0) is 6.42 Å². The SMILES string of the molecule is O=C(Nc1ccc2oc(N3CCCC3)nc2c1)c1ccc2c(c1)CCO2. The summed E-state index contributed by atoms with van der Waals surface area (Å²) >= 11 is 0. The molecule has 6 nitrogen and oxygen atoms in total. The minimum Gasteiger partial charge on any atom is -0.493 e. The van der Waals surface area contributed by atoms with Gasteiger partial charge in [-0.15, -0.1) is 0 Å². The summed E-state index contributed by atoms with van der Waals surface area (Å²) in [6.07, 6.45) is 3.19. The monoisotopic (exact) mass is 349 g/mol. The zero-order chi connectivity index (χ0) is 17.5. The Balaban J connectivity index is 1.37. The standard InChI is InChI=1S/C20H19N3O3/c24-19(14-3-5-17-13(11-14)7-10-25-17)21-15-4-6-18-16(12-15)22-20(26-18)23-8-1-2-9-23/h3-6,11-12H,1-2,7-10H2,(H,21,24). The molecular weight excluding hydrogens is 330 g/mol. The normalized spacial score (nSPS) is 15.9. The molecule has 2 aliphatic rings. The molecule has 0 saturated carbocycles. The van der Waals surface area contributed by atoms with Crippen molar-refractivity contribution in [3.63, 3.8) is 0 Å². The van der Waals surface area contributed by atoms with Crippen LogP contribution in [0.5, 0.6) is 5.75 Å². The van der Waals surface area contributed by atoms with Crippen molar-refractivity contribution >= 4 is 28.7 Å². The number of carbonyl (C=O) groups is 1. The first-order valence-electron chi connectivity index (χ1n) is 8.99. The number of nitrogens with one attached hydrogen (secondary N) is 1. The van der Waals surface area contributed by atoms with Crippen LogP contribution in [0.15, 0.2) is 40.8 Å². The van der Waals surface area contributed by atoms with Gasteiger partial charge in [0.2, 0.25) is 0 Å². The Labute approximate surface area is 150 Å². The van der Waals surface area contributed by atoms with Gasteiger partial charge in [0.25, 0.3) is 11.9 Å².